The highest BCUT2D eigenvalue weighted by molar-refractivity contribution is 7.10. The lowest BCUT2D eigenvalue weighted by atomic mass is 9.97. The van der Waals surface area contributed by atoms with Gasteiger partial charge in [-0.15, -0.1) is 16.4 Å². The van der Waals surface area contributed by atoms with E-state index in [-0.39, 0.29) is 29.4 Å². The highest BCUT2D eigenvalue weighted by Gasteiger charge is 2.26. The summed E-state index contributed by atoms with van der Waals surface area (Å²) in [5.41, 5.74) is 2.71. The van der Waals surface area contributed by atoms with Crippen molar-refractivity contribution in [3.63, 3.8) is 0 Å². The summed E-state index contributed by atoms with van der Waals surface area (Å²) >= 11 is 1.46. The van der Waals surface area contributed by atoms with Gasteiger partial charge in [0.25, 0.3) is 17.5 Å². The van der Waals surface area contributed by atoms with Crippen molar-refractivity contribution in [1.82, 2.24) is 34.5 Å². The van der Waals surface area contributed by atoms with Gasteiger partial charge in [0.05, 0.1) is 23.2 Å². The zero-order valence-electron chi connectivity index (χ0n) is 23.4. The molecule has 44 heavy (non-hydrogen) atoms. The van der Waals surface area contributed by atoms with Crippen LogP contribution in [0.3, 0.4) is 0 Å². The molecule has 1 fully saturated rings. The molecule has 5 heterocycles. The van der Waals surface area contributed by atoms with Crippen molar-refractivity contribution < 1.29 is 19.1 Å². The van der Waals surface area contributed by atoms with Crippen LogP contribution in [-0.2, 0) is 4.74 Å². The Morgan fingerprint density at radius 3 is 2.61 bits per heavy atom. The summed E-state index contributed by atoms with van der Waals surface area (Å²) in [5, 5.41) is 9.73. The van der Waals surface area contributed by atoms with Crippen LogP contribution in [0.25, 0.3) is 16.8 Å². The predicted molar refractivity (Wildman–Crippen MR) is 162 cm³/mol. The van der Waals surface area contributed by atoms with E-state index in [0.29, 0.717) is 33.6 Å². The van der Waals surface area contributed by atoms with Gasteiger partial charge in [0.1, 0.15) is 11.5 Å². The lowest BCUT2D eigenvalue weighted by Crippen LogP contribution is -2.34. The summed E-state index contributed by atoms with van der Waals surface area (Å²) in [5.74, 6) is 0.477. The normalized spacial score (nSPS) is 13.8. The molecule has 13 nitrogen and oxygen atoms in total. The van der Waals surface area contributed by atoms with Gasteiger partial charge in [-0.25, -0.2) is 19.7 Å². The van der Waals surface area contributed by atoms with Crippen molar-refractivity contribution >= 4 is 57.6 Å². The molecule has 6 aromatic rings. The molecule has 4 aromatic heterocycles. The standard InChI is InChI=1S/C30H25N9O4S/c1-43-28(42)25-35-30-31-12-9-23(39(30)37-25)38-13-10-18(11-14-38)27-32-22(16-44-27)26(41)36-29-33-20-8-7-19(15-21(20)34-29)24(40)17-5-3-2-4-6-17/h2-9,12,15-16,18H,10-11,13-14H2,1H3,(H2,33,34,36,41). The van der Waals surface area contributed by atoms with E-state index < -0.39 is 5.97 Å². The Labute approximate surface area is 254 Å². The average Bonchev–Trinajstić information content (AvgIpc) is 3.82. The molecule has 14 heteroatoms. The zero-order chi connectivity index (χ0) is 30.2. The molecule has 220 valence electrons. The van der Waals surface area contributed by atoms with Gasteiger partial charge in [-0.2, -0.15) is 9.50 Å². The minimum absolute atomic E-state index is 0.0403. The van der Waals surface area contributed by atoms with Crippen LogP contribution in [-0.4, -0.2) is 72.4 Å². The van der Waals surface area contributed by atoms with E-state index >= 15 is 0 Å². The molecular weight excluding hydrogens is 582 g/mol. The predicted octanol–water partition coefficient (Wildman–Crippen LogP) is 4.11. The summed E-state index contributed by atoms with van der Waals surface area (Å²) in [4.78, 5) is 60.5. The van der Waals surface area contributed by atoms with E-state index in [0.717, 1.165) is 36.8 Å². The number of aromatic amines is 1. The maximum Gasteiger partial charge on any atom is 0.378 e. The van der Waals surface area contributed by atoms with Gasteiger partial charge in [0.2, 0.25) is 5.95 Å². The van der Waals surface area contributed by atoms with Gasteiger partial charge in [-0.1, -0.05) is 30.3 Å². The molecule has 0 aliphatic carbocycles. The van der Waals surface area contributed by atoms with Crippen molar-refractivity contribution in [2.45, 2.75) is 18.8 Å². The van der Waals surface area contributed by atoms with Crippen molar-refractivity contribution in [2.24, 2.45) is 0 Å². The number of imidazole rings is 1. The number of ether oxygens (including phenoxy) is 1. The maximum absolute atomic E-state index is 13.0. The van der Waals surface area contributed by atoms with Crippen LogP contribution < -0.4 is 10.2 Å². The number of rotatable bonds is 7. The van der Waals surface area contributed by atoms with Crippen LogP contribution in [0, 0.1) is 0 Å². The number of piperidine rings is 1. The second-order valence-corrected chi connectivity index (χ2v) is 11.1. The third-order valence-corrected chi connectivity index (χ3v) is 8.53. The molecule has 0 atom stereocenters. The van der Waals surface area contributed by atoms with Gasteiger partial charge in [-0.3, -0.25) is 14.9 Å². The summed E-state index contributed by atoms with van der Waals surface area (Å²) in [7, 11) is 1.28. The number of benzene rings is 2. The van der Waals surface area contributed by atoms with Gasteiger partial charge in [0.15, 0.2) is 5.78 Å². The lowest BCUT2D eigenvalue weighted by molar-refractivity contribution is 0.0587. The molecule has 0 bridgehead atoms. The van der Waals surface area contributed by atoms with Gasteiger partial charge >= 0.3 is 5.97 Å². The Balaban J connectivity index is 1.00. The van der Waals surface area contributed by atoms with Crippen LogP contribution in [0.1, 0.15) is 60.8 Å². The smallest absolute Gasteiger partial charge is 0.378 e. The van der Waals surface area contributed by atoms with E-state index in [1.807, 2.05) is 24.3 Å². The van der Waals surface area contributed by atoms with Gasteiger partial charge < -0.3 is 14.6 Å². The van der Waals surface area contributed by atoms with Gasteiger partial charge in [-0.05, 0) is 37.1 Å². The average molecular weight is 608 g/mol. The fraction of sp³-hybridized carbons (Fsp3) is 0.200. The van der Waals surface area contributed by atoms with E-state index in [4.69, 9.17) is 4.74 Å². The number of hydrogen-bond acceptors (Lipinski definition) is 11. The highest BCUT2D eigenvalue weighted by atomic mass is 32.1. The number of carbonyl (C=O) groups excluding carboxylic acids is 3. The van der Waals surface area contributed by atoms with Gasteiger partial charge in [0, 0.05) is 41.7 Å². The minimum Gasteiger partial charge on any atom is -0.463 e. The number of carbonyl (C=O) groups is 3. The molecule has 0 unspecified atom stereocenters. The second kappa shape index (κ2) is 11.3. The van der Waals surface area contributed by atoms with E-state index in [2.05, 4.69) is 40.2 Å². The molecule has 2 N–H and O–H groups in total. The first-order chi connectivity index (χ1) is 21.5. The first-order valence-electron chi connectivity index (χ1n) is 13.9. The molecule has 1 amide bonds. The van der Waals surface area contributed by atoms with E-state index in [9.17, 15) is 14.4 Å². The highest BCUT2D eigenvalue weighted by Crippen LogP contribution is 2.32. The molecule has 0 spiro atoms. The molecule has 1 aliphatic rings. The van der Waals surface area contributed by atoms with Crippen LogP contribution in [0.15, 0.2) is 66.2 Å². The Morgan fingerprint density at radius 1 is 1.00 bits per heavy atom. The number of nitrogens with zero attached hydrogens (tertiary/aromatic N) is 7. The number of anilines is 2. The van der Waals surface area contributed by atoms with Crippen LogP contribution in [0.4, 0.5) is 11.8 Å². The fourth-order valence-corrected chi connectivity index (χ4v) is 6.24. The Kier molecular flexibility index (Phi) is 7.02. The lowest BCUT2D eigenvalue weighted by Gasteiger charge is -2.32. The second-order valence-electron chi connectivity index (χ2n) is 10.2. The SMILES string of the molecule is COC(=O)c1nc2nccc(N3CCC(c4nc(C(=O)Nc5nc6cc(C(=O)c7ccccc7)ccc6[nH]5)cs4)CC3)n2n1. The Morgan fingerprint density at radius 2 is 1.82 bits per heavy atom. The van der Waals surface area contributed by atoms with Crippen LogP contribution in [0.2, 0.25) is 0 Å². The molecule has 0 saturated carbocycles. The molecule has 2 aromatic carbocycles. The number of H-pyrrole nitrogens is 1. The summed E-state index contributed by atoms with van der Waals surface area (Å²) in [6.07, 6.45) is 3.29. The molecule has 7 rings (SSSR count). The number of ketones is 1. The number of thiazole rings is 1. The Hall–Kier alpha value is -5.50. The molecule has 1 aliphatic heterocycles. The summed E-state index contributed by atoms with van der Waals surface area (Å²) < 4.78 is 6.29. The zero-order valence-corrected chi connectivity index (χ0v) is 24.2. The third-order valence-electron chi connectivity index (χ3n) is 7.52. The number of amides is 1. The van der Waals surface area contributed by atoms with Crippen LogP contribution >= 0.6 is 11.3 Å². The number of methoxy groups -OCH3 is 1. The molecular formula is C30H25N9O4S. The summed E-state index contributed by atoms with van der Waals surface area (Å²) in [6, 6.07) is 16.1. The third kappa shape index (κ3) is 5.15. The fourth-order valence-electron chi connectivity index (χ4n) is 5.27. The minimum atomic E-state index is -0.617. The largest absolute Gasteiger partial charge is 0.463 e. The summed E-state index contributed by atoms with van der Waals surface area (Å²) in [6.45, 7) is 1.46. The topological polar surface area (TPSA) is 160 Å². The number of fused-ring (bicyclic) bond motifs is 2. The molecule has 0 radical (unpaired) electrons. The monoisotopic (exact) mass is 607 g/mol. The van der Waals surface area contributed by atoms with Crippen molar-refractivity contribution in [3.8, 4) is 0 Å². The van der Waals surface area contributed by atoms with Crippen molar-refractivity contribution in [2.75, 3.05) is 30.4 Å². The number of hydrogen-bond donors (Lipinski definition) is 2. The van der Waals surface area contributed by atoms with Crippen LogP contribution in [0.5, 0.6) is 0 Å². The van der Waals surface area contributed by atoms with Crippen molar-refractivity contribution in [3.05, 3.63) is 93.8 Å². The Bertz CT molecular complexity index is 2030. The first kappa shape index (κ1) is 27.3. The number of nitrogens with one attached hydrogen (secondary N) is 2. The molecule has 1 saturated heterocycles. The van der Waals surface area contributed by atoms with Crippen molar-refractivity contribution in [1.29, 1.82) is 0 Å². The number of aromatic nitrogens is 7. The first-order valence-corrected chi connectivity index (χ1v) is 14.8. The van der Waals surface area contributed by atoms with E-state index in [1.165, 1.54) is 18.4 Å². The van der Waals surface area contributed by atoms with E-state index in [1.54, 1.807) is 46.4 Å². The quantitative estimate of drug-likeness (QED) is 0.200. The maximum atomic E-state index is 13.0. The number of esters is 1.